The van der Waals surface area contributed by atoms with Crippen molar-refractivity contribution in [1.82, 2.24) is 9.88 Å². The zero-order valence-corrected chi connectivity index (χ0v) is 18.1. The molecule has 0 radical (unpaired) electrons. The van der Waals surface area contributed by atoms with Crippen LogP contribution in [0.5, 0.6) is 5.75 Å². The van der Waals surface area contributed by atoms with Crippen molar-refractivity contribution in [3.05, 3.63) is 71.4 Å². The molecule has 0 aliphatic carbocycles. The number of carbonyl (C=O) groups is 2. The molecule has 1 aliphatic rings. The maximum absolute atomic E-state index is 13.0. The fourth-order valence-electron chi connectivity index (χ4n) is 4.25. The Morgan fingerprint density at radius 2 is 1.94 bits per heavy atom. The van der Waals surface area contributed by atoms with Gasteiger partial charge in [0.15, 0.2) is 0 Å². The highest BCUT2D eigenvalue weighted by Gasteiger charge is 2.46. The Labute approximate surface area is 182 Å². The zero-order chi connectivity index (χ0) is 22.2. The van der Waals surface area contributed by atoms with Gasteiger partial charge in [0.1, 0.15) is 18.4 Å². The second-order valence-corrected chi connectivity index (χ2v) is 8.41. The molecule has 4 rings (SSSR count). The average molecular weight is 418 g/mol. The Kier molecular flexibility index (Phi) is 5.39. The minimum atomic E-state index is -0.666. The van der Waals surface area contributed by atoms with Gasteiger partial charge in [0, 0.05) is 23.2 Å². The third-order valence-electron chi connectivity index (χ3n) is 6.28. The van der Waals surface area contributed by atoms with Crippen LogP contribution < -0.4 is 10.5 Å². The molecule has 2 atom stereocenters. The number of benzene rings is 2. The highest BCUT2D eigenvalue weighted by Crippen LogP contribution is 2.37. The van der Waals surface area contributed by atoms with Crippen molar-refractivity contribution < 1.29 is 14.3 Å². The summed E-state index contributed by atoms with van der Waals surface area (Å²) in [5, 5.41) is 1.08. The van der Waals surface area contributed by atoms with Crippen LogP contribution in [0.2, 0.25) is 0 Å². The van der Waals surface area contributed by atoms with Crippen LogP contribution in [0.25, 0.3) is 10.9 Å². The molecule has 0 spiro atoms. The number of primary amides is 1. The van der Waals surface area contributed by atoms with Gasteiger partial charge in [-0.3, -0.25) is 14.6 Å². The molecule has 2 unspecified atom stereocenters. The van der Waals surface area contributed by atoms with Crippen molar-refractivity contribution >= 4 is 22.7 Å². The van der Waals surface area contributed by atoms with Gasteiger partial charge in [0.2, 0.25) is 11.8 Å². The molecule has 1 fully saturated rings. The van der Waals surface area contributed by atoms with Gasteiger partial charge in [-0.25, -0.2) is 0 Å². The van der Waals surface area contributed by atoms with Crippen LogP contribution in [0.15, 0.2) is 54.6 Å². The van der Waals surface area contributed by atoms with Crippen molar-refractivity contribution in [3.8, 4) is 5.75 Å². The molecule has 3 aromatic rings. The number of ether oxygens (including phenoxy) is 1. The van der Waals surface area contributed by atoms with Gasteiger partial charge in [-0.05, 0) is 57.0 Å². The normalized spacial score (nSPS) is 19.6. The summed E-state index contributed by atoms with van der Waals surface area (Å²) in [5.41, 5.74) is 8.64. The molecule has 2 N–H and O–H groups in total. The lowest BCUT2D eigenvalue weighted by molar-refractivity contribution is -0.138. The average Bonchev–Trinajstić information content (AvgIpc) is 3.07. The number of nitrogens with two attached hydrogens (primary N) is 1. The molecular formula is C25H27N3O3. The van der Waals surface area contributed by atoms with E-state index in [0.717, 1.165) is 33.5 Å². The lowest BCUT2D eigenvalue weighted by atomic mass is 9.81. The first-order valence-electron chi connectivity index (χ1n) is 10.5. The number of likely N-dealkylation sites (tertiary alicyclic amines) is 1. The monoisotopic (exact) mass is 417 g/mol. The number of aromatic nitrogens is 1. The Hall–Kier alpha value is -3.41. The highest BCUT2D eigenvalue weighted by atomic mass is 16.5. The molecule has 1 aliphatic heterocycles. The molecule has 2 heterocycles. The summed E-state index contributed by atoms with van der Waals surface area (Å²) in [6.45, 7) is 6.53. The predicted molar refractivity (Wildman–Crippen MR) is 120 cm³/mol. The summed E-state index contributed by atoms with van der Waals surface area (Å²) < 4.78 is 6.04. The number of pyridine rings is 1. The van der Waals surface area contributed by atoms with Crippen LogP contribution in [0.3, 0.4) is 0 Å². The Balaban J connectivity index is 1.50. The zero-order valence-electron chi connectivity index (χ0n) is 18.1. The summed E-state index contributed by atoms with van der Waals surface area (Å²) in [6.07, 6.45) is 0.645. The third kappa shape index (κ3) is 3.85. The first-order valence-corrected chi connectivity index (χ1v) is 10.5. The second-order valence-electron chi connectivity index (χ2n) is 8.41. The molecule has 0 bridgehead atoms. The van der Waals surface area contributed by atoms with Gasteiger partial charge in [0.05, 0.1) is 10.9 Å². The molecule has 31 heavy (non-hydrogen) atoms. The topological polar surface area (TPSA) is 85.5 Å². The highest BCUT2D eigenvalue weighted by molar-refractivity contribution is 5.94. The number of hydrogen-bond acceptors (Lipinski definition) is 4. The summed E-state index contributed by atoms with van der Waals surface area (Å²) >= 11 is 0. The minimum absolute atomic E-state index is 0.0637. The van der Waals surface area contributed by atoms with E-state index in [1.54, 1.807) is 11.8 Å². The van der Waals surface area contributed by atoms with Crippen LogP contribution in [-0.4, -0.2) is 34.3 Å². The predicted octanol–water partition coefficient (Wildman–Crippen LogP) is 3.49. The van der Waals surface area contributed by atoms with Crippen molar-refractivity contribution in [3.63, 3.8) is 0 Å². The lowest BCUT2D eigenvalue weighted by Gasteiger charge is -2.26. The van der Waals surface area contributed by atoms with E-state index in [2.05, 4.69) is 11.1 Å². The molecule has 160 valence electrons. The minimum Gasteiger partial charge on any atom is -0.489 e. The lowest BCUT2D eigenvalue weighted by Crippen LogP contribution is -2.46. The van der Waals surface area contributed by atoms with Gasteiger partial charge >= 0.3 is 0 Å². The van der Waals surface area contributed by atoms with Gasteiger partial charge in [-0.15, -0.1) is 0 Å². The quantitative estimate of drug-likeness (QED) is 0.665. The molecule has 0 saturated carbocycles. The fraction of sp³-hybridized carbons (Fsp3) is 0.320. The number of carbonyl (C=O) groups excluding carboxylic acids is 2. The van der Waals surface area contributed by atoms with Crippen molar-refractivity contribution in [1.29, 1.82) is 0 Å². The van der Waals surface area contributed by atoms with Crippen LogP contribution >= 0.6 is 0 Å². The number of para-hydroxylation sites is 1. The third-order valence-corrected chi connectivity index (χ3v) is 6.28. The van der Waals surface area contributed by atoms with Gasteiger partial charge < -0.3 is 15.4 Å². The van der Waals surface area contributed by atoms with E-state index in [9.17, 15) is 9.59 Å². The standard InChI is InChI=1S/C25H27N3O3/c1-16-14-18(21-6-4-5-7-22(21)27-16)15-31-20-10-8-19(9-11-20)25(3)12-13-28(24(25)30)17(2)23(26)29/h4-11,14,17H,12-13,15H2,1-3H3,(H2,26,29). The number of rotatable bonds is 6. The van der Waals surface area contributed by atoms with Crippen molar-refractivity contribution in [2.45, 2.75) is 45.3 Å². The van der Waals surface area contributed by atoms with E-state index in [0.29, 0.717) is 19.6 Å². The Morgan fingerprint density at radius 3 is 2.65 bits per heavy atom. The molecule has 1 aromatic heterocycles. The van der Waals surface area contributed by atoms with Gasteiger partial charge in [-0.1, -0.05) is 30.3 Å². The molecule has 2 amide bonds. The molecular weight excluding hydrogens is 390 g/mol. The van der Waals surface area contributed by atoms with E-state index in [-0.39, 0.29) is 5.91 Å². The van der Waals surface area contributed by atoms with Crippen molar-refractivity contribution in [2.24, 2.45) is 5.73 Å². The van der Waals surface area contributed by atoms with Crippen LogP contribution in [0, 0.1) is 6.92 Å². The summed E-state index contributed by atoms with van der Waals surface area (Å²) in [4.78, 5) is 30.7. The largest absolute Gasteiger partial charge is 0.489 e. The number of fused-ring (bicyclic) bond motifs is 1. The molecule has 2 aromatic carbocycles. The van der Waals surface area contributed by atoms with Gasteiger partial charge in [0.25, 0.3) is 0 Å². The summed E-state index contributed by atoms with van der Waals surface area (Å²) in [5.74, 6) is 0.185. The Morgan fingerprint density at radius 1 is 1.23 bits per heavy atom. The maximum atomic E-state index is 13.0. The number of aryl methyl sites for hydroxylation is 1. The second kappa shape index (κ2) is 8.02. The first kappa shape index (κ1) is 20.8. The fourth-order valence-corrected chi connectivity index (χ4v) is 4.25. The number of amides is 2. The van der Waals surface area contributed by atoms with E-state index in [1.165, 1.54) is 0 Å². The molecule has 6 nitrogen and oxygen atoms in total. The van der Waals surface area contributed by atoms with Crippen LogP contribution in [-0.2, 0) is 21.6 Å². The van der Waals surface area contributed by atoms with Crippen LogP contribution in [0.1, 0.15) is 37.1 Å². The van der Waals surface area contributed by atoms with Crippen molar-refractivity contribution in [2.75, 3.05) is 6.54 Å². The smallest absolute Gasteiger partial charge is 0.239 e. The van der Waals surface area contributed by atoms with Crippen LogP contribution in [0.4, 0.5) is 0 Å². The molecule has 1 saturated heterocycles. The Bertz CT molecular complexity index is 1140. The van der Waals surface area contributed by atoms with E-state index >= 15 is 0 Å². The summed E-state index contributed by atoms with van der Waals surface area (Å²) in [7, 11) is 0. The van der Waals surface area contributed by atoms with Gasteiger partial charge in [-0.2, -0.15) is 0 Å². The molecule has 6 heteroatoms. The number of nitrogens with zero attached hydrogens (tertiary/aromatic N) is 2. The summed E-state index contributed by atoms with van der Waals surface area (Å²) in [6, 6.07) is 17.1. The first-order chi connectivity index (χ1) is 14.8. The number of hydrogen-bond donors (Lipinski definition) is 1. The van der Waals surface area contributed by atoms with E-state index in [4.69, 9.17) is 10.5 Å². The maximum Gasteiger partial charge on any atom is 0.239 e. The SMILES string of the molecule is Cc1cc(COc2ccc(C3(C)CCN(C(C)C(N)=O)C3=O)cc2)c2ccccc2n1. The van der Waals surface area contributed by atoms with E-state index in [1.807, 2.05) is 62.4 Å². The van der Waals surface area contributed by atoms with E-state index < -0.39 is 17.4 Å².